The monoisotopic (exact) mass is 303 g/mol. The van der Waals surface area contributed by atoms with Crippen molar-refractivity contribution in [3.8, 4) is 0 Å². The van der Waals surface area contributed by atoms with Crippen LogP contribution >= 0.6 is 11.6 Å². The molecule has 0 bridgehead atoms. The summed E-state index contributed by atoms with van der Waals surface area (Å²) in [5.41, 5.74) is 1.06. The molecular formula is C15H14ClN3O2. The van der Waals surface area contributed by atoms with Crippen molar-refractivity contribution in [1.29, 1.82) is 0 Å². The first-order chi connectivity index (χ1) is 10.2. The Hall–Kier alpha value is -2.40. The third kappa shape index (κ3) is 4.57. The van der Waals surface area contributed by atoms with Gasteiger partial charge in [0, 0.05) is 41.6 Å². The first kappa shape index (κ1) is 15.0. The summed E-state index contributed by atoms with van der Waals surface area (Å²) >= 11 is 5.75. The highest BCUT2D eigenvalue weighted by Gasteiger charge is 2.06. The van der Waals surface area contributed by atoms with Crippen molar-refractivity contribution in [1.82, 2.24) is 15.6 Å². The highest BCUT2D eigenvalue weighted by atomic mass is 35.5. The number of benzene rings is 1. The van der Waals surface area contributed by atoms with Gasteiger partial charge in [0.15, 0.2) is 0 Å². The Morgan fingerprint density at radius 3 is 1.86 bits per heavy atom. The molecule has 0 unspecified atom stereocenters. The van der Waals surface area contributed by atoms with Gasteiger partial charge in [-0.2, -0.15) is 0 Å². The second kappa shape index (κ2) is 7.40. The number of carbonyl (C=O) groups excluding carboxylic acids is 2. The van der Waals surface area contributed by atoms with Crippen molar-refractivity contribution in [3.63, 3.8) is 0 Å². The maximum atomic E-state index is 11.8. The predicted octanol–water partition coefficient (Wildman–Crippen LogP) is 1.89. The lowest BCUT2D eigenvalue weighted by molar-refractivity contribution is 0.0927. The van der Waals surface area contributed by atoms with Crippen molar-refractivity contribution >= 4 is 23.4 Å². The van der Waals surface area contributed by atoms with Gasteiger partial charge in [-0.3, -0.25) is 14.6 Å². The average Bonchev–Trinajstić information content (AvgIpc) is 2.52. The van der Waals surface area contributed by atoms with Gasteiger partial charge in [0.05, 0.1) is 0 Å². The molecule has 2 N–H and O–H groups in total. The second-order valence-corrected chi connectivity index (χ2v) is 4.69. The number of hydrogen-bond acceptors (Lipinski definition) is 3. The number of rotatable bonds is 5. The van der Waals surface area contributed by atoms with Crippen molar-refractivity contribution in [2.45, 2.75) is 0 Å². The van der Waals surface area contributed by atoms with Crippen molar-refractivity contribution in [2.75, 3.05) is 13.1 Å². The number of carbonyl (C=O) groups is 2. The Balaban J connectivity index is 1.73. The van der Waals surface area contributed by atoms with Gasteiger partial charge in [0.2, 0.25) is 0 Å². The molecule has 1 aromatic carbocycles. The summed E-state index contributed by atoms with van der Waals surface area (Å²) in [6.07, 6.45) is 3.11. The summed E-state index contributed by atoms with van der Waals surface area (Å²) in [4.78, 5) is 27.4. The molecule has 2 rings (SSSR count). The summed E-state index contributed by atoms with van der Waals surface area (Å²) in [6.45, 7) is 0.693. The highest BCUT2D eigenvalue weighted by Crippen LogP contribution is 2.09. The minimum absolute atomic E-state index is 0.196. The third-order valence-electron chi connectivity index (χ3n) is 2.75. The Morgan fingerprint density at radius 2 is 1.33 bits per heavy atom. The average molecular weight is 304 g/mol. The summed E-state index contributed by atoms with van der Waals surface area (Å²) < 4.78 is 0. The molecule has 0 aliphatic heterocycles. The number of amides is 2. The zero-order valence-electron chi connectivity index (χ0n) is 11.2. The van der Waals surface area contributed by atoms with E-state index in [1.54, 1.807) is 48.8 Å². The Kier molecular flexibility index (Phi) is 5.29. The molecule has 108 valence electrons. The molecule has 0 aliphatic rings. The van der Waals surface area contributed by atoms with Crippen molar-refractivity contribution in [3.05, 3.63) is 64.9 Å². The molecule has 0 fully saturated rings. The van der Waals surface area contributed by atoms with Crippen LogP contribution in [0.15, 0.2) is 48.8 Å². The third-order valence-corrected chi connectivity index (χ3v) is 3.00. The predicted molar refractivity (Wildman–Crippen MR) is 80.4 cm³/mol. The lowest BCUT2D eigenvalue weighted by atomic mass is 10.2. The number of halogens is 1. The van der Waals surface area contributed by atoms with E-state index in [1.165, 1.54) is 0 Å². The minimum atomic E-state index is -0.204. The number of pyridine rings is 1. The fourth-order valence-corrected chi connectivity index (χ4v) is 1.79. The van der Waals surface area contributed by atoms with Gasteiger partial charge in [-0.15, -0.1) is 0 Å². The van der Waals surface area contributed by atoms with Gasteiger partial charge in [-0.25, -0.2) is 0 Å². The van der Waals surface area contributed by atoms with Crippen LogP contribution in [0.3, 0.4) is 0 Å². The van der Waals surface area contributed by atoms with Crippen LogP contribution in [0.2, 0.25) is 5.02 Å². The molecule has 0 radical (unpaired) electrons. The van der Waals surface area contributed by atoms with E-state index in [4.69, 9.17) is 11.6 Å². The molecule has 2 amide bonds. The van der Waals surface area contributed by atoms with E-state index in [0.29, 0.717) is 29.2 Å². The van der Waals surface area contributed by atoms with E-state index >= 15 is 0 Å². The van der Waals surface area contributed by atoms with Gasteiger partial charge in [0.1, 0.15) is 0 Å². The van der Waals surface area contributed by atoms with Crippen LogP contribution in [0.25, 0.3) is 0 Å². The van der Waals surface area contributed by atoms with E-state index in [0.717, 1.165) is 0 Å². The summed E-state index contributed by atoms with van der Waals surface area (Å²) in [7, 11) is 0. The minimum Gasteiger partial charge on any atom is -0.350 e. The fourth-order valence-electron chi connectivity index (χ4n) is 1.66. The van der Waals surface area contributed by atoms with Crippen LogP contribution < -0.4 is 10.6 Å². The van der Waals surface area contributed by atoms with E-state index in [9.17, 15) is 9.59 Å². The number of nitrogens with one attached hydrogen (secondary N) is 2. The Bertz CT molecular complexity index is 615. The van der Waals surface area contributed by atoms with E-state index in [1.807, 2.05) is 0 Å². The molecule has 6 heteroatoms. The zero-order valence-corrected chi connectivity index (χ0v) is 11.9. The molecule has 0 spiro atoms. The topological polar surface area (TPSA) is 71.1 Å². The van der Waals surface area contributed by atoms with Gasteiger partial charge in [-0.1, -0.05) is 11.6 Å². The van der Waals surface area contributed by atoms with Crippen molar-refractivity contribution in [2.24, 2.45) is 0 Å². The molecule has 5 nitrogen and oxygen atoms in total. The summed E-state index contributed by atoms with van der Waals surface area (Å²) in [6, 6.07) is 9.85. The molecule has 0 saturated heterocycles. The molecule has 21 heavy (non-hydrogen) atoms. The maximum absolute atomic E-state index is 11.8. The molecule has 2 aromatic rings. The quantitative estimate of drug-likeness (QED) is 0.829. The molecular weight excluding hydrogens is 290 g/mol. The van der Waals surface area contributed by atoms with Gasteiger partial charge in [-0.05, 0) is 36.4 Å². The Labute approximate surface area is 127 Å². The lowest BCUT2D eigenvalue weighted by Crippen LogP contribution is -2.34. The van der Waals surface area contributed by atoms with Crippen LogP contribution in [0.4, 0.5) is 0 Å². The zero-order chi connectivity index (χ0) is 15.1. The molecule has 0 atom stereocenters. The van der Waals surface area contributed by atoms with Crippen LogP contribution in [0.1, 0.15) is 20.7 Å². The molecule has 1 aromatic heterocycles. The Morgan fingerprint density at radius 1 is 0.857 bits per heavy atom. The maximum Gasteiger partial charge on any atom is 0.251 e. The smallest absolute Gasteiger partial charge is 0.251 e. The number of aromatic nitrogens is 1. The molecule has 0 aliphatic carbocycles. The number of nitrogens with zero attached hydrogens (tertiary/aromatic N) is 1. The standard InChI is InChI=1S/C15H14ClN3O2/c16-13-3-1-11(2-4-13)14(20)18-9-10-19-15(21)12-5-7-17-8-6-12/h1-8H,9-10H2,(H,18,20)(H,19,21). The second-order valence-electron chi connectivity index (χ2n) is 4.25. The molecule has 0 saturated carbocycles. The SMILES string of the molecule is O=C(NCCNC(=O)c1ccc(Cl)cc1)c1ccncc1. The number of hydrogen-bond donors (Lipinski definition) is 2. The normalized spacial score (nSPS) is 9.95. The first-order valence-corrected chi connectivity index (χ1v) is 6.76. The first-order valence-electron chi connectivity index (χ1n) is 6.39. The summed E-state index contributed by atoms with van der Waals surface area (Å²) in [5.74, 6) is -0.400. The van der Waals surface area contributed by atoms with Gasteiger partial charge >= 0.3 is 0 Å². The highest BCUT2D eigenvalue weighted by molar-refractivity contribution is 6.30. The fraction of sp³-hybridized carbons (Fsp3) is 0.133. The van der Waals surface area contributed by atoms with Crippen molar-refractivity contribution < 1.29 is 9.59 Å². The van der Waals surface area contributed by atoms with E-state index in [-0.39, 0.29) is 11.8 Å². The van der Waals surface area contributed by atoms with Crippen LogP contribution in [-0.4, -0.2) is 29.9 Å². The van der Waals surface area contributed by atoms with E-state index < -0.39 is 0 Å². The van der Waals surface area contributed by atoms with E-state index in [2.05, 4.69) is 15.6 Å². The lowest BCUT2D eigenvalue weighted by Gasteiger charge is -2.07. The van der Waals surface area contributed by atoms with Gasteiger partial charge < -0.3 is 10.6 Å². The van der Waals surface area contributed by atoms with Crippen LogP contribution in [0, 0.1) is 0 Å². The van der Waals surface area contributed by atoms with Crippen LogP contribution in [0.5, 0.6) is 0 Å². The van der Waals surface area contributed by atoms with Crippen LogP contribution in [-0.2, 0) is 0 Å². The van der Waals surface area contributed by atoms with Gasteiger partial charge in [0.25, 0.3) is 11.8 Å². The molecule has 1 heterocycles. The summed E-state index contributed by atoms with van der Waals surface area (Å²) in [5, 5.41) is 6.01. The largest absolute Gasteiger partial charge is 0.350 e.